The van der Waals surface area contributed by atoms with Gasteiger partial charge in [0.1, 0.15) is 17.3 Å². The number of amides is 1. The molecule has 0 fully saturated rings. The molecular weight excluding hydrogens is 520 g/mol. The molecular formula is C28H24N4O8. The molecule has 0 bridgehead atoms. The summed E-state index contributed by atoms with van der Waals surface area (Å²) in [6.45, 7) is 2.07. The Morgan fingerprint density at radius 2 is 1.38 bits per heavy atom. The molecule has 0 unspecified atom stereocenters. The van der Waals surface area contributed by atoms with Crippen LogP contribution in [-0.4, -0.2) is 32.3 Å². The summed E-state index contributed by atoms with van der Waals surface area (Å²) in [6.07, 6.45) is -1.65. The predicted molar refractivity (Wildman–Crippen MR) is 145 cm³/mol. The number of hydrogen-bond acceptors (Lipinski definition) is 8. The molecule has 0 saturated heterocycles. The molecule has 4 rings (SSSR count). The molecule has 1 heterocycles. The van der Waals surface area contributed by atoms with Gasteiger partial charge < -0.3 is 20.3 Å². The van der Waals surface area contributed by atoms with E-state index >= 15 is 0 Å². The fraction of sp³-hybridized carbons (Fsp3) is 0.107. The SMILES string of the molecule is CC(=O)Oc1cc(OC(C)=O)cc(N(C(=O)O)c2c(N)n(-c3ccccc3)c(=O)n(Cc3ccccc3)c2=O)c1. The topological polar surface area (TPSA) is 163 Å². The molecule has 0 spiro atoms. The van der Waals surface area contributed by atoms with Crippen LogP contribution in [0.15, 0.2) is 88.5 Å². The highest BCUT2D eigenvalue weighted by Crippen LogP contribution is 2.34. The van der Waals surface area contributed by atoms with Gasteiger partial charge in [-0.3, -0.25) is 19.0 Å². The van der Waals surface area contributed by atoms with Gasteiger partial charge >= 0.3 is 23.7 Å². The molecule has 1 aromatic heterocycles. The maximum atomic E-state index is 13.8. The lowest BCUT2D eigenvalue weighted by Crippen LogP contribution is -2.44. The average Bonchev–Trinajstić information content (AvgIpc) is 2.89. The first-order chi connectivity index (χ1) is 19.1. The zero-order chi connectivity index (χ0) is 29.0. The van der Waals surface area contributed by atoms with Crippen LogP contribution in [0.5, 0.6) is 11.5 Å². The van der Waals surface area contributed by atoms with E-state index in [9.17, 15) is 29.1 Å². The molecule has 4 aromatic rings. The van der Waals surface area contributed by atoms with Crippen molar-refractivity contribution in [3.63, 3.8) is 0 Å². The van der Waals surface area contributed by atoms with Crippen LogP contribution >= 0.6 is 0 Å². The summed E-state index contributed by atoms with van der Waals surface area (Å²) in [4.78, 5) is 63.9. The molecule has 0 aliphatic rings. The number of carbonyl (C=O) groups is 3. The molecule has 0 aliphatic carbocycles. The molecule has 0 atom stereocenters. The first kappa shape index (κ1) is 27.4. The van der Waals surface area contributed by atoms with Crippen LogP contribution in [0, 0.1) is 0 Å². The second-order valence-electron chi connectivity index (χ2n) is 8.53. The predicted octanol–water partition coefficient (Wildman–Crippen LogP) is 3.30. The van der Waals surface area contributed by atoms with Crippen LogP contribution in [0.25, 0.3) is 5.69 Å². The van der Waals surface area contributed by atoms with Gasteiger partial charge in [-0.05, 0) is 17.7 Å². The number of anilines is 3. The molecule has 3 aromatic carbocycles. The third kappa shape index (κ3) is 5.75. The third-order valence-electron chi connectivity index (χ3n) is 5.61. The van der Waals surface area contributed by atoms with Crippen molar-refractivity contribution in [2.75, 3.05) is 10.6 Å². The number of esters is 2. The number of ether oxygens (including phenoxy) is 2. The number of nitrogen functional groups attached to an aromatic ring is 1. The van der Waals surface area contributed by atoms with Gasteiger partial charge in [-0.1, -0.05) is 48.5 Å². The van der Waals surface area contributed by atoms with E-state index in [1.165, 1.54) is 6.07 Å². The summed E-state index contributed by atoms with van der Waals surface area (Å²) >= 11 is 0. The van der Waals surface area contributed by atoms with Crippen molar-refractivity contribution in [1.29, 1.82) is 0 Å². The van der Waals surface area contributed by atoms with E-state index in [4.69, 9.17) is 15.2 Å². The van der Waals surface area contributed by atoms with Crippen LogP contribution in [0.1, 0.15) is 19.4 Å². The minimum absolute atomic E-state index is 0.160. The fourth-order valence-electron chi connectivity index (χ4n) is 4.07. The number of carbonyl (C=O) groups excluding carboxylic acids is 2. The summed E-state index contributed by atoms with van der Waals surface area (Å²) in [7, 11) is 0. The van der Waals surface area contributed by atoms with Crippen molar-refractivity contribution in [2.24, 2.45) is 0 Å². The highest BCUT2D eigenvalue weighted by molar-refractivity contribution is 5.98. The van der Waals surface area contributed by atoms with Crippen molar-refractivity contribution in [1.82, 2.24) is 9.13 Å². The van der Waals surface area contributed by atoms with E-state index in [0.717, 1.165) is 35.1 Å². The first-order valence-corrected chi connectivity index (χ1v) is 11.9. The number of para-hydroxylation sites is 1. The Hall–Kier alpha value is -5.65. The Kier molecular flexibility index (Phi) is 7.80. The second-order valence-corrected chi connectivity index (χ2v) is 8.53. The van der Waals surface area contributed by atoms with E-state index in [1.54, 1.807) is 60.7 Å². The van der Waals surface area contributed by atoms with Gasteiger partial charge in [0.15, 0.2) is 5.69 Å². The van der Waals surface area contributed by atoms with Crippen molar-refractivity contribution in [2.45, 2.75) is 20.4 Å². The normalized spacial score (nSPS) is 10.6. The van der Waals surface area contributed by atoms with Crippen molar-refractivity contribution in [3.05, 3.63) is 105 Å². The Morgan fingerprint density at radius 3 is 1.88 bits per heavy atom. The first-order valence-electron chi connectivity index (χ1n) is 11.9. The van der Waals surface area contributed by atoms with Gasteiger partial charge in [0.05, 0.1) is 17.9 Å². The molecule has 204 valence electrons. The van der Waals surface area contributed by atoms with E-state index < -0.39 is 40.8 Å². The number of aromatic nitrogens is 2. The van der Waals surface area contributed by atoms with E-state index in [2.05, 4.69) is 0 Å². The van der Waals surface area contributed by atoms with Gasteiger partial charge in [0, 0.05) is 32.0 Å². The lowest BCUT2D eigenvalue weighted by Gasteiger charge is -2.24. The number of rotatable bonds is 7. The molecule has 0 radical (unpaired) electrons. The summed E-state index contributed by atoms with van der Waals surface area (Å²) in [5.41, 5.74) is 4.66. The number of carboxylic acid groups (broad SMARTS) is 1. The molecule has 12 heteroatoms. The van der Waals surface area contributed by atoms with Crippen LogP contribution in [-0.2, 0) is 16.1 Å². The quantitative estimate of drug-likeness (QED) is 0.262. The second kappa shape index (κ2) is 11.4. The lowest BCUT2D eigenvalue weighted by atomic mass is 10.2. The van der Waals surface area contributed by atoms with Gasteiger partial charge in [-0.25, -0.2) is 19.1 Å². The van der Waals surface area contributed by atoms with Gasteiger partial charge in [-0.15, -0.1) is 0 Å². The lowest BCUT2D eigenvalue weighted by molar-refractivity contribution is -0.132. The third-order valence-corrected chi connectivity index (χ3v) is 5.61. The summed E-state index contributed by atoms with van der Waals surface area (Å²) in [6, 6.07) is 20.3. The maximum absolute atomic E-state index is 13.8. The zero-order valence-electron chi connectivity index (χ0n) is 21.4. The van der Waals surface area contributed by atoms with E-state index in [0.29, 0.717) is 10.5 Å². The number of hydrogen-bond donors (Lipinski definition) is 2. The summed E-state index contributed by atoms with van der Waals surface area (Å²) < 4.78 is 12.1. The smallest absolute Gasteiger partial charge is 0.416 e. The largest absolute Gasteiger partial charge is 0.464 e. The number of nitrogens with two attached hydrogens (primary N) is 1. The highest BCUT2D eigenvalue weighted by atomic mass is 16.5. The molecule has 0 aliphatic heterocycles. The van der Waals surface area contributed by atoms with Crippen LogP contribution < -0.4 is 31.4 Å². The van der Waals surface area contributed by atoms with Gasteiger partial charge in [-0.2, -0.15) is 0 Å². The van der Waals surface area contributed by atoms with E-state index in [1.807, 2.05) is 0 Å². The van der Waals surface area contributed by atoms with E-state index in [-0.39, 0.29) is 29.4 Å². The Labute approximate surface area is 227 Å². The Morgan fingerprint density at radius 1 is 0.850 bits per heavy atom. The molecule has 0 saturated carbocycles. The summed E-state index contributed by atoms with van der Waals surface area (Å²) in [5.74, 6) is -2.23. The number of benzene rings is 3. The molecule has 12 nitrogen and oxygen atoms in total. The molecule has 3 N–H and O–H groups in total. The minimum Gasteiger partial charge on any atom is -0.464 e. The Balaban J connectivity index is 2.04. The van der Waals surface area contributed by atoms with Crippen LogP contribution in [0.3, 0.4) is 0 Å². The summed E-state index contributed by atoms with van der Waals surface area (Å²) in [5, 5.41) is 10.3. The van der Waals surface area contributed by atoms with Crippen molar-refractivity contribution >= 4 is 35.2 Å². The highest BCUT2D eigenvalue weighted by Gasteiger charge is 2.29. The average molecular weight is 545 g/mol. The molecule has 1 amide bonds. The van der Waals surface area contributed by atoms with Gasteiger partial charge in [0.25, 0.3) is 5.56 Å². The number of nitrogens with zero attached hydrogens (tertiary/aromatic N) is 3. The molecule has 40 heavy (non-hydrogen) atoms. The zero-order valence-corrected chi connectivity index (χ0v) is 21.4. The fourth-order valence-corrected chi connectivity index (χ4v) is 4.07. The van der Waals surface area contributed by atoms with Crippen LogP contribution in [0.4, 0.5) is 22.0 Å². The minimum atomic E-state index is -1.65. The standard InChI is InChI=1S/C28H24N4O8/c1-17(33)39-22-13-21(14-23(15-22)40-18(2)34)31(28(37)38)24-25(29)32(20-11-7-4-8-12-20)27(36)30(26(24)35)16-19-9-5-3-6-10-19/h3-15H,16,29H2,1-2H3,(H,37,38). The van der Waals surface area contributed by atoms with Crippen molar-refractivity contribution in [3.8, 4) is 17.2 Å². The Bertz CT molecular complexity index is 1680. The van der Waals surface area contributed by atoms with Crippen molar-refractivity contribution < 1.29 is 29.0 Å². The van der Waals surface area contributed by atoms with Gasteiger partial charge in [0.2, 0.25) is 0 Å². The maximum Gasteiger partial charge on any atom is 0.416 e. The van der Waals surface area contributed by atoms with Crippen LogP contribution in [0.2, 0.25) is 0 Å². The monoisotopic (exact) mass is 544 g/mol.